The number of nitrogens with one attached hydrogen (secondary N) is 1. The average molecular weight is 269 g/mol. The number of thiophene rings is 1. The van der Waals surface area contributed by atoms with Crippen LogP contribution in [0.3, 0.4) is 0 Å². The van der Waals surface area contributed by atoms with Gasteiger partial charge in [0.15, 0.2) is 0 Å². The van der Waals surface area contributed by atoms with Crippen LogP contribution in [0.5, 0.6) is 0 Å². The second-order valence-corrected chi connectivity index (χ2v) is 6.46. The number of hydrogen-bond acceptors (Lipinski definition) is 3. The fraction of sp³-hybridized carbons (Fsp3) is 0.643. The Labute approximate surface area is 113 Å². The zero-order valence-electron chi connectivity index (χ0n) is 11.5. The molecule has 0 saturated carbocycles. The summed E-state index contributed by atoms with van der Waals surface area (Å²) >= 11 is 1.56. The van der Waals surface area contributed by atoms with E-state index in [-0.39, 0.29) is 17.9 Å². The van der Waals surface area contributed by atoms with E-state index >= 15 is 0 Å². The van der Waals surface area contributed by atoms with Gasteiger partial charge in [0.2, 0.25) is 0 Å². The lowest BCUT2D eigenvalue weighted by Gasteiger charge is -2.24. The van der Waals surface area contributed by atoms with Gasteiger partial charge >= 0.3 is 0 Å². The Morgan fingerprint density at radius 2 is 2.17 bits per heavy atom. The van der Waals surface area contributed by atoms with Crippen molar-refractivity contribution >= 4 is 17.2 Å². The number of carbonyl (C=O) groups is 1. The Kier molecular flexibility index (Phi) is 5.82. The third kappa shape index (κ3) is 4.78. The van der Waals surface area contributed by atoms with Gasteiger partial charge in [0, 0.05) is 18.0 Å². The predicted molar refractivity (Wildman–Crippen MR) is 76.1 cm³/mol. The third-order valence-corrected chi connectivity index (χ3v) is 4.20. The zero-order valence-corrected chi connectivity index (χ0v) is 12.3. The summed E-state index contributed by atoms with van der Waals surface area (Å²) in [7, 11) is 0. The smallest absolute Gasteiger partial charge is 0.261 e. The first-order valence-electron chi connectivity index (χ1n) is 6.46. The topological polar surface area (TPSA) is 49.3 Å². The largest absolute Gasteiger partial charge is 0.396 e. The summed E-state index contributed by atoms with van der Waals surface area (Å²) in [6, 6.07) is 3.90. The first-order valence-corrected chi connectivity index (χ1v) is 7.28. The van der Waals surface area contributed by atoms with E-state index < -0.39 is 0 Å². The minimum atomic E-state index is 0.0109. The summed E-state index contributed by atoms with van der Waals surface area (Å²) in [5.74, 6) is 0.0109. The molecule has 0 saturated heterocycles. The number of amides is 1. The van der Waals surface area contributed by atoms with Crippen molar-refractivity contribution in [1.82, 2.24) is 5.32 Å². The van der Waals surface area contributed by atoms with Crippen molar-refractivity contribution in [3.8, 4) is 0 Å². The van der Waals surface area contributed by atoms with Crippen molar-refractivity contribution in [2.75, 3.05) is 13.2 Å². The van der Waals surface area contributed by atoms with Gasteiger partial charge in [0.05, 0.1) is 4.88 Å². The fourth-order valence-corrected chi connectivity index (χ4v) is 2.61. The predicted octanol–water partition coefficient (Wildman–Crippen LogP) is 2.84. The van der Waals surface area contributed by atoms with Gasteiger partial charge in [-0.05, 0) is 36.8 Å². The highest BCUT2D eigenvalue weighted by Crippen LogP contribution is 2.22. The molecule has 18 heavy (non-hydrogen) atoms. The molecule has 1 rings (SSSR count). The SMILES string of the molecule is CCc1ccc(C(=O)NCC(C)(C)CCCO)s1. The van der Waals surface area contributed by atoms with Gasteiger partial charge in [-0.15, -0.1) is 11.3 Å². The number of aryl methyl sites for hydroxylation is 1. The van der Waals surface area contributed by atoms with Crippen LogP contribution in [0.15, 0.2) is 12.1 Å². The van der Waals surface area contributed by atoms with Crippen molar-refractivity contribution in [2.45, 2.75) is 40.0 Å². The zero-order chi connectivity index (χ0) is 13.6. The maximum absolute atomic E-state index is 11.9. The monoisotopic (exact) mass is 269 g/mol. The lowest BCUT2D eigenvalue weighted by atomic mass is 9.88. The Morgan fingerprint density at radius 3 is 2.72 bits per heavy atom. The van der Waals surface area contributed by atoms with Gasteiger partial charge in [-0.2, -0.15) is 0 Å². The van der Waals surface area contributed by atoms with E-state index in [4.69, 9.17) is 5.11 Å². The summed E-state index contributed by atoms with van der Waals surface area (Å²) in [4.78, 5) is 14.0. The summed E-state index contributed by atoms with van der Waals surface area (Å²) in [5, 5.41) is 11.8. The standard InChI is InChI=1S/C14H23NO2S/c1-4-11-6-7-12(18-11)13(17)15-10-14(2,3)8-5-9-16/h6-7,16H,4-5,8-10H2,1-3H3,(H,15,17). The normalized spacial score (nSPS) is 11.6. The van der Waals surface area contributed by atoms with E-state index in [0.717, 1.165) is 24.1 Å². The minimum Gasteiger partial charge on any atom is -0.396 e. The van der Waals surface area contributed by atoms with Crippen molar-refractivity contribution in [3.05, 3.63) is 21.9 Å². The van der Waals surface area contributed by atoms with E-state index in [9.17, 15) is 4.79 Å². The van der Waals surface area contributed by atoms with Crippen LogP contribution < -0.4 is 5.32 Å². The van der Waals surface area contributed by atoms with Crippen LogP contribution in [0.1, 0.15) is 48.2 Å². The molecule has 0 aliphatic carbocycles. The van der Waals surface area contributed by atoms with Gasteiger partial charge in [0.25, 0.3) is 5.91 Å². The molecule has 0 aliphatic rings. The molecule has 4 heteroatoms. The van der Waals surface area contributed by atoms with Crippen molar-refractivity contribution in [3.63, 3.8) is 0 Å². The van der Waals surface area contributed by atoms with Crippen LogP contribution in [0, 0.1) is 5.41 Å². The molecule has 0 aliphatic heterocycles. The third-order valence-electron chi connectivity index (χ3n) is 2.97. The Balaban J connectivity index is 2.45. The van der Waals surface area contributed by atoms with Gasteiger partial charge in [-0.1, -0.05) is 20.8 Å². The van der Waals surface area contributed by atoms with Crippen LogP contribution in [0.25, 0.3) is 0 Å². The Hall–Kier alpha value is -0.870. The van der Waals surface area contributed by atoms with Crippen LogP contribution in [-0.4, -0.2) is 24.2 Å². The van der Waals surface area contributed by atoms with Gasteiger partial charge in [-0.25, -0.2) is 0 Å². The number of carbonyl (C=O) groups excluding carboxylic acids is 1. The molecule has 0 fully saturated rings. The summed E-state index contributed by atoms with van der Waals surface area (Å²) in [5.41, 5.74) is 0.0310. The number of hydrogen-bond donors (Lipinski definition) is 2. The number of rotatable bonds is 7. The molecule has 0 bridgehead atoms. The van der Waals surface area contributed by atoms with Crippen LogP contribution in [-0.2, 0) is 6.42 Å². The lowest BCUT2D eigenvalue weighted by Crippen LogP contribution is -2.33. The van der Waals surface area contributed by atoms with E-state index in [0.29, 0.717) is 6.54 Å². The molecule has 0 radical (unpaired) electrons. The quantitative estimate of drug-likeness (QED) is 0.799. The molecule has 0 spiro atoms. The van der Waals surface area contributed by atoms with E-state index in [1.165, 1.54) is 4.88 Å². The highest BCUT2D eigenvalue weighted by Gasteiger charge is 2.19. The molecule has 0 unspecified atom stereocenters. The van der Waals surface area contributed by atoms with E-state index in [1.54, 1.807) is 11.3 Å². The number of aliphatic hydroxyl groups is 1. The molecule has 0 aromatic carbocycles. The molecule has 0 atom stereocenters. The highest BCUT2D eigenvalue weighted by molar-refractivity contribution is 7.14. The molecule has 102 valence electrons. The minimum absolute atomic E-state index is 0.0109. The second-order valence-electron chi connectivity index (χ2n) is 5.29. The molecular formula is C14H23NO2S. The molecule has 3 nitrogen and oxygen atoms in total. The van der Waals surface area contributed by atoms with Crippen molar-refractivity contribution < 1.29 is 9.90 Å². The van der Waals surface area contributed by atoms with Crippen LogP contribution >= 0.6 is 11.3 Å². The Morgan fingerprint density at radius 1 is 1.44 bits per heavy atom. The van der Waals surface area contributed by atoms with Gasteiger partial charge in [0.1, 0.15) is 0 Å². The van der Waals surface area contributed by atoms with Crippen LogP contribution in [0.2, 0.25) is 0 Å². The van der Waals surface area contributed by atoms with Crippen molar-refractivity contribution in [2.24, 2.45) is 5.41 Å². The molecular weight excluding hydrogens is 246 g/mol. The van der Waals surface area contributed by atoms with Crippen LogP contribution in [0.4, 0.5) is 0 Å². The van der Waals surface area contributed by atoms with Crippen molar-refractivity contribution in [1.29, 1.82) is 0 Å². The molecule has 1 amide bonds. The van der Waals surface area contributed by atoms with E-state index in [2.05, 4.69) is 26.1 Å². The maximum atomic E-state index is 11.9. The fourth-order valence-electron chi connectivity index (χ4n) is 1.74. The molecule has 1 aromatic heterocycles. The van der Waals surface area contributed by atoms with E-state index in [1.807, 2.05) is 12.1 Å². The molecule has 1 heterocycles. The maximum Gasteiger partial charge on any atom is 0.261 e. The Bertz CT molecular complexity index is 385. The molecule has 1 aromatic rings. The summed E-state index contributed by atoms with van der Waals surface area (Å²) < 4.78 is 0. The first kappa shape index (κ1) is 15.2. The lowest BCUT2D eigenvalue weighted by molar-refractivity contribution is 0.0937. The first-order chi connectivity index (χ1) is 8.48. The highest BCUT2D eigenvalue weighted by atomic mass is 32.1. The molecule has 2 N–H and O–H groups in total. The van der Waals surface area contributed by atoms with Gasteiger partial charge < -0.3 is 10.4 Å². The van der Waals surface area contributed by atoms with Gasteiger partial charge in [-0.3, -0.25) is 4.79 Å². The number of aliphatic hydroxyl groups excluding tert-OH is 1. The average Bonchev–Trinajstić information content (AvgIpc) is 2.82. The second kappa shape index (κ2) is 6.90. The summed E-state index contributed by atoms with van der Waals surface area (Å²) in [6.45, 7) is 7.16. The summed E-state index contributed by atoms with van der Waals surface area (Å²) in [6.07, 6.45) is 2.66.